The maximum Gasteiger partial charge on any atom is 0.338 e. The van der Waals surface area contributed by atoms with Gasteiger partial charge in [0.1, 0.15) is 0 Å². The number of aliphatic carboxylic acids is 1. The topological polar surface area (TPSA) is 155 Å². The Morgan fingerprint density at radius 1 is 1.19 bits per heavy atom. The average molecular weight is 600 g/mol. The zero-order valence-corrected chi connectivity index (χ0v) is 24.3. The Bertz CT molecular complexity index is 1810. The van der Waals surface area contributed by atoms with Gasteiger partial charge < -0.3 is 21.1 Å². The number of benzene rings is 2. The largest absolute Gasteiger partial charge is 0.478 e. The molecule has 2 unspecified atom stereocenters. The van der Waals surface area contributed by atoms with Crippen LogP contribution in [0, 0.1) is 11.3 Å². The number of nitrogens with one attached hydrogen (secondary N) is 3. The van der Waals surface area contributed by atoms with Crippen molar-refractivity contribution in [2.75, 3.05) is 10.6 Å². The van der Waals surface area contributed by atoms with Crippen molar-refractivity contribution in [1.29, 1.82) is 5.41 Å². The van der Waals surface area contributed by atoms with E-state index >= 15 is 0 Å². The molecular formula is C31H30ClN7O4. The molecule has 3 heterocycles. The molecule has 43 heavy (non-hydrogen) atoms. The molecule has 4 N–H and O–H groups in total. The first-order chi connectivity index (χ1) is 20.7. The van der Waals surface area contributed by atoms with E-state index in [1.165, 1.54) is 18.6 Å². The molecule has 0 radical (unpaired) electrons. The first-order valence-electron chi connectivity index (χ1n) is 13.7. The van der Waals surface area contributed by atoms with E-state index in [0.29, 0.717) is 46.9 Å². The fraction of sp³-hybridized carbons (Fsp3) is 0.226. The Hall–Kier alpha value is -5.03. The van der Waals surface area contributed by atoms with Crippen LogP contribution in [0.2, 0.25) is 5.02 Å². The number of carbonyl (C=O) groups excluding carboxylic acids is 1. The average Bonchev–Trinajstić information content (AvgIpc) is 3.35. The number of hydrogen-bond acceptors (Lipinski definition) is 7. The SMILES string of the molecule is CC1CCCC(n2cnc(-c3cc(Cl)ccc3N/C=C(\C=N)C(=O)O)cc2=O)c2cccc(c2)-c2c(cnn2C)NC1=O. The monoisotopic (exact) mass is 599 g/mol. The van der Waals surface area contributed by atoms with Crippen molar-refractivity contribution in [3.8, 4) is 22.5 Å². The summed E-state index contributed by atoms with van der Waals surface area (Å²) in [5.74, 6) is -1.57. The third kappa shape index (κ3) is 6.26. The summed E-state index contributed by atoms with van der Waals surface area (Å²) in [4.78, 5) is 42.5. The van der Waals surface area contributed by atoms with Crippen LogP contribution in [0.15, 0.2) is 77.6 Å². The molecule has 2 aromatic carbocycles. The van der Waals surface area contributed by atoms with Crippen LogP contribution in [-0.2, 0) is 16.6 Å². The highest BCUT2D eigenvalue weighted by atomic mass is 35.5. The summed E-state index contributed by atoms with van der Waals surface area (Å²) in [5, 5.41) is 27.2. The number of aromatic nitrogens is 4. The molecule has 1 aliphatic heterocycles. The molecule has 5 rings (SSSR count). The lowest BCUT2D eigenvalue weighted by molar-refractivity contribution is -0.132. The third-order valence-electron chi connectivity index (χ3n) is 7.52. The van der Waals surface area contributed by atoms with Crippen LogP contribution in [-0.4, -0.2) is 42.5 Å². The lowest BCUT2D eigenvalue weighted by Gasteiger charge is -2.23. The maximum atomic E-state index is 13.7. The van der Waals surface area contributed by atoms with Crippen molar-refractivity contribution < 1.29 is 14.7 Å². The fourth-order valence-electron chi connectivity index (χ4n) is 5.20. The molecule has 2 atom stereocenters. The van der Waals surface area contributed by atoms with Gasteiger partial charge in [-0.05, 0) is 42.7 Å². The van der Waals surface area contributed by atoms with Gasteiger partial charge in [0.15, 0.2) is 0 Å². The Balaban J connectivity index is 1.56. The standard InChI is InChI=1S/C31H30ClN7O4/c1-18-5-3-8-27(19-6-4-7-20(11-19)29-26(37-30(18)41)16-36-38(29)2)39-17-35-25(13-28(39)40)23-12-22(32)9-10-24(23)34-15-21(14-33)31(42)43/h4,6-7,9-18,27,33-34H,3,5,8H2,1-2H3,(H,37,41)(H,42,43)/b21-15+,33-14?. The van der Waals surface area contributed by atoms with E-state index in [1.807, 2.05) is 38.2 Å². The quantitative estimate of drug-likeness (QED) is 0.172. The summed E-state index contributed by atoms with van der Waals surface area (Å²) in [5.41, 5.74) is 3.95. The molecule has 1 amide bonds. The van der Waals surface area contributed by atoms with Crippen molar-refractivity contribution in [3.63, 3.8) is 0 Å². The van der Waals surface area contributed by atoms with Gasteiger partial charge in [-0.25, -0.2) is 9.78 Å². The van der Waals surface area contributed by atoms with Crippen LogP contribution in [0.5, 0.6) is 0 Å². The van der Waals surface area contributed by atoms with Crippen molar-refractivity contribution in [3.05, 3.63) is 93.8 Å². The Morgan fingerprint density at radius 2 is 2.00 bits per heavy atom. The van der Waals surface area contributed by atoms with Gasteiger partial charge in [-0.2, -0.15) is 5.10 Å². The molecule has 4 aromatic rings. The second kappa shape index (κ2) is 12.5. The van der Waals surface area contributed by atoms with Gasteiger partial charge >= 0.3 is 5.97 Å². The number of halogens is 1. The van der Waals surface area contributed by atoms with Gasteiger partial charge in [-0.1, -0.05) is 43.1 Å². The molecule has 0 saturated carbocycles. The first kappa shape index (κ1) is 29.5. The molecule has 11 nitrogen and oxygen atoms in total. The lowest BCUT2D eigenvalue weighted by Crippen LogP contribution is -2.26. The number of fused-ring (bicyclic) bond motifs is 4. The Kier molecular flexibility index (Phi) is 8.53. The zero-order chi connectivity index (χ0) is 30.7. The molecule has 220 valence electrons. The van der Waals surface area contributed by atoms with Gasteiger partial charge in [0.2, 0.25) is 5.91 Å². The van der Waals surface area contributed by atoms with Crippen LogP contribution in [0.1, 0.15) is 37.8 Å². The minimum Gasteiger partial charge on any atom is -0.478 e. The summed E-state index contributed by atoms with van der Waals surface area (Å²) >= 11 is 6.27. The molecule has 2 bridgehead atoms. The number of carbonyl (C=O) groups is 2. The number of nitrogens with zero attached hydrogens (tertiary/aromatic N) is 4. The van der Waals surface area contributed by atoms with E-state index in [-0.39, 0.29) is 29.0 Å². The van der Waals surface area contributed by atoms with E-state index in [9.17, 15) is 19.5 Å². The lowest BCUT2D eigenvalue weighted by atomic mass is 9.94. The summed E-state index contributed by atoms with van der Waals surface area (Å²) in [7, 11) is 1.82. The molecule has 1 aliphatic rings. The van der Waals surface area contributed by atoms with Gasteiger partial charge in [-0.15, -0.1) is 0 Å². The number of carboxylic acids is 1. The van der Waals surface area contributed by atoms with Gasteiger partial charge in [0.25, 0.3) is 5.56 Å². The predicted molar refractivity (Wildman–Crippen MR) is 165 cm³/mol. The molecule has 0 spiro atoms. The molecule has 0 aliphatic carbocycles. The Labute approximate surface area is 252 Å². The molecule has 0 saturated heterocycles. The van der Waals surface area contributed by atoms with Gasteiger partial charge in [0.05, 0.1) is 41.2 Å². The minimum atomic E-state index is -1.26. The number of anilines is 2. The number of amides is 1. The highest BCUT2D eigenvalue weighted by Gasteiger charge is 2.23. The number of rotatable bonds is 6. The number of aryl methyl sites for hydroxylation is 1. The van der Waals surface area contributed by atoms with Crippen LogP contribution >= 0.6 is 11.6 Å². The van der Waals surface area contributed by atoms with Gasteiger partial charge in [-0.3, -0.25) is 18.8 Å². The third-order valence-corrected chi connectivity index (χ3v) is 7.75. The van der Waals surface area contributed by atoms with Crippen molar-refractivity contribution in [1.82, 2.24) is 19.3 Å². The number of hydrogen-bond donors (Lipinski definition) is 4. The van der Waals surface area contributed by atoms with E-state index in [2.05, 4.69) is 20.7 Å². The predicted octanol–water partition coefficient (Wildman–Crippen LogP) is 5.34. The minimum absolute atomic E-state index is 0.0809. The van der Waals surface area contributed by atoms with Gasteiger partial charge in [0, 0.05) is 53.3 Å². The Morgan fingerprint density at radius 3 is 2.74 bits per heavy atom. The highest BCUT2D eigenvalue weighted by Crippen LogP contribution is 2.34. The van der Waals surface area contributed by atoms with E-state index in [1.54, 1.807) is 33.6 Å². The summed E-state index contributed by atoms with van der Waals surface area (Å²) in [6.45, 7) is 1.89. The zero-order valence-electron chi connectivity index (χ0n) is 23.5. The highest BCUT2D eigenvalue weighted by molar-refractivity contribution is 6.31. The smallest absolute Gasteiger partial charge is 0.338 e. The molecular weight excluding hydrogens is 570 g/mol. The fourth-order valence-corrected chi connectivity index (χ4v) is 5.37. The normalized spacial score (nSPS) is 17.2. The maximum absolute atomic E-state index is 13.7. The molecule has 12 heteroatoms. The summed E-state index contributed by atoms with van der Waals surface area (Å²) in [6, 6.07) is 13.8. The second-order valence-electron chi connectivity index (χ2n) is 10.4. The first-order valence-corrected chi connectivity index (χ1v) is 14.1. The van der Waals surface area contributed by atoms with Crippen LogP contribution < -0.4 is 16.2 Å². The second-order valence-corrected chi connectivity index (χ2v) is 10.8. The molecule has 0 fully saturated rings. The van der Waals surface area contributed by atoms with E-state index in [0.717, 1.165) is 23.0 Å². The number of carboxylic acid groups (broad SMARTS) is 1. The van der Waals surface area contributed by atoms with Crippen molar-refractivity contribution in [2.45, 2.75) is 32.2 Å². The van der Waals surface area contributed by atoms with E-state index < -0.39 is 5.97 Å². The van der Waals surface area contributed by atoms with Crippen molar-refractivity contribution in [2.24, 2.45) is 13.0 Å². The van der Waals surface area contributed by atoms with Crippen LogP contribution in [0.25, 0.3) is 22.5 Å². The summed E-state index contributed by atoms with van der Waals surface area (Å²) < 4.78 is 3.31. The summed E-state index contributed by atoms with van der Waals surface area (Å²) in [6.07, 6.45) is 7.01. The van der Waals surface area contributed by atoms with Crippen LogP contribution in [0.3, 0.4) is 0 Å². The molecule has 2 aromatic heterocycles. The van der Waals surface area contributed by atoms with Crippen molar-refractivity contribution >= 4 is 41.1 Å². The van der Waals surface area contributed by atoms with E-state index in [4.69, 9.17) is 17.0 Å². The van der Waals surface area contributed by atoms with Crippen LogP contribution in [0.4, 0.5) is 11.4 Å².